The van der Waals surface area contributed by atoms with Crippen LogP contribution in [0, 0.1) is 34.9 Å². The number of hydrogen-bond acceptors (Lipinski definition) is 3. The van der Waals surface area contributed by atoms with E-state index in [1.54, 1.807) is 0 Å². The topological polar surface area (TPSA) is 78.9 Å². The van der Waals surface area contributed by atoms with E-state index in [2.05, 4.69) is 5.32 Å². The van der Waals surface area contributed by atoms with Crippen LogP contribution in [0.15, 0.2) is 18.2 Å². The molecule has 0 aromatic heterocycles. The Morgan fingerprint density at radius 3 is 2.75 bits per heavy atom. The summed E-state index contributed by atoms with van der Waals surface area (Å²) in [5, 5.41) is 11.3. The molecule has 2 fully saturated rings. The van der Waals surface area contributed by atoms with Crippen LogP contribution in [0.2, 0.25) is 0 Å². The molecule has 2 saturated carbocycles. The molecule has 0 radical (unpaired) electrons. The number of amides is 1. The number of anilines is 1. The average molecular weight is 273 g/mol. The van der Waals surface area contributed by atoms with E-state index in [1.807, 2.05) is 6.07 Å². The summed E-state index contributed by atoms with van der Waals surface area (Å²) in [6.45, 7) is 0. The summed E-state index contributed by atoms with van der Waals surface area (Å²) in [4.78, 5) is 12.3. The Morgan fingerprint density at radius 1 is 1.40 bits per heavy atom. The Hall–Kier alpha value is -1.93. The molecule has 2 bridgehead atoms. The predicted molar refractivity (Wildman–Crippen MR) is 72.0 cm³/mol. The third-order valence-corrected chi connectivity index (χ3v) is 4.64. The lowest BCUT2D eigenvalue weighted by Crippen LogP contribution is -2.42. The number of nitrogens with two attached hydrogens (primary N) is 1. The van der Waals surface area contributed by atoms with Crippen LogP contribution in [0.1, 0.15) is 24.8 Å². The summed E-state index contributed by atoms with van der Waals surface area (Å²) >= 11 is 0. The molecule has 20 heavy (non-hydrogen) atoms. The van der Waals surface area contributed by atoms with E-state index in [-0.39, 0.29) is 29.1 Å². The summed E-state index contributed by atoms with van der Waals surface area (Å²) in [6, 6.07) is 5.77. The molecule has 0 aliphatic heterocycles. The van der Waals surface area contributed by atoms with Gasteiger partial charge in [-0.1, -0.05) is 0 Å². The van der Waals surface area contributed by atoms with E-state index >= 15 is 0 Å². The zero-order valence-electron chi connectivity index (χ0n) is 11.0. The molecule has 1 amide bonds. The average Bonchev–Trinajstić information content (AvgIpc) is 3.01. The van der Waals surface area contributed by atoms with E-state index in [4.69, 9.17) is 11.0 Å². The highest BCUT2D eigenvalue weighted by Crippen LogP contribution is 2.47. The second-order valence-corrected chi connectivity index (χ2v) is 5.73. The molecule has 2 aliphatic rings. The number of hydrogen-bond donors (Lipinski definition) is 2. The first-order valence-corrected chi connectivity index (χ1v) is 6.86. The van der Waals surface area contributed by atoms with Gasteiger partial charge in [0, 0.05) is 6.04 Å². The molecule has 1 aromatic carbocycles. The monoisotopic (exact) mass is 273 g/mol. The van der Waals surface area contributed by atoms with Crippen LogP contribution < -0.4 is 11.1 Å². The second-order valence-electron chi connectivity index (χ2n) is 5.73. The molecule has 1 aromatic rings. The predicted octanol–water partition coefficient (Wildman–Crippen LogP) is 2.01. The SMILES string of the molecule is N#Cc1ccc(NC(=O)C2C3CCC(C3)C2N)c(F)c1. The van der Waals surface area contributed by atoms with Gasteiger partial charge in [-0.25, -0.2) is 4.39 Å². The molecular weight excluding hydrogens is 257 g/mol. The van der Waals surface area contributed by atoms with Gasteiger partial charge in [-0.05, 0) is 49.3 Å². The third kappa shape index (κ3) is 2.06. The molecule has 3 rings (SSSR count). The van der Waals surface area contributed by atoms with Crippen molar-refractivity contribution in [3.8, 4) is 6.07 Å². The number of benzene rings is 1. The van der Waals surface area contributed by atoms with E-state index in [0.717, 1.165) is 25.3 Å². The normalized spacial score (nSPS) is 31.1. The highest BCUT2D eigenvalue weighted by molar-refractivity contribution is 5.93. The van der Waals surface area contributed by atoms with E-state index in [9.17, 15) is 9.18 Å². The van der Waals surface area contributed by atoms with Gasteiger partial charge in [0.25, 0.3) is 0 Å². The van der Waals surface area contributed by atoms with Crippen molar-refractivity contribution in [2.24, 2.45) is 23.5 Å². The molecule has 5 heteroatoms. The molecule has 0 spiro atoms. The number of nitriles is 1. The number of halogens is 1. The highest BCUT2D eigenvalue weighted by atomic mass is 19.1. The number of nitrogens with one attached hydrogen (secondary N) is 1. The minimum atomic E-state index is -0.589. The Morgan fingerprint density at radius 2 is 2.15 bits per heavy atom. The van der Waals surface area contributed by atoms with Crippen molar-refractivity contribution in [1.82, 2.24) is 0 Å². The summed E-state index contributed by atoms with van der Waals surface area (Å²) in [5.41, 5.74) is 6.45. The lowest BCUT2D eigenvalue weighted by atomic mass is 9.84. The lowest BCUT2D eigenvalue weighted by Gasteiger charge is -2.27. The van der Waals surface area contributed by atoms with Crippen LogP contribution in [0.25, 0.3) is 0 Å². The number of carbonyl (C=O) groups excluding carboxylic acids is 1. The van der Waals surface area contributed by atoms with E-state index < -0.39 is 5.82 Å². The van der Waals surface area contributed by atoms with Crippen LogP contribution in [-0.2, 0) is 4.79 Å². The minimum Gasteiger partial charge on any atom is -0.327 e. The van der Waals surface area contributed by atoms with Crippen LogP contribution in [0.4, 0.5) is 10.1 Å². The second kappa shape index (κ2) is 4.88. The molecule has 4 nitrogen and oxygen atoms in total. The number of nitrogens with zero attached hydrogens (tertiary/aromatic N) is 1. The van der Waals surface area contributed by atoms with Crippen molar-refractivity contribution in [1.29, 1.82) is 5.26 Å². The summed E-state index contributed by atoms with van der Waals surface area (Å²) in [5.74, 6) is -0.246. The van der Waals surface area contributed by atoms with Gasteiger partial charge in [0.1, 0.15) is 5.82 Å². The molecule has 4 unspecified atom stereocenters. The Balaban J connectivity index is 1.75. The first kappa shape index (κ1) is 13.1. The Bertz CT molecular complexity index is 593. The molecule has 3 N–H and O–H groups in total. The fourth-order valence-electron chi connectivity index (χ4n) is 3.63. The lowest BCUT2D eigenvalue weighted by molar-refractivity contribution is -0.121. The Kier molecular flexibility index (Phi) is 3.19. The first-order valence-electron chi connectivity index (χ1n) is 6.86. The maximum Gasteiger partial charge on any atom is 0.229 e. The summed E-state index contributed by atoms with van der Waals surface area (Å²) in [7, 11) is 0. The largest absolute Gasteiger partial charge is 0.327 e. The molecular formula is C15H16FN3O. The maximum atomic E-state index is 13.8. The fraction of sp³-hybridized carbons (Fsp3) is 0.467. The van der Waals surface area contributed by atoms with Crippen LogP contribution in [-0.4, -0.2) is 11.9 Å². The zero-order chi connectivity index (χ0) is 14.3. The summed E-state index contributed by atoms with van der Waals surface area (Å²) in [6.07, 6.45) is 3.14. The van der Waals surface area contributed by atoms with Crippen molar-refractivity contribution >= 4 is 11.6 Å². The van der Waals surface area contributed by atoms with Crippen molar-refractivity contribution in [3.05, 3.63) is 29.6 Å². The van der Waals surface area contributed by atoms with Gasteiger partial charge < -0.3 is 11.1 Å². The Labute approximate surface area is 116 Å². The van der Waals surface area contributed by atoms with Crippen LogP contribution >= 0.6 is 0 Å². The van der Waals surface area contributed by atoms with Gasteiger partial charge in [0.2, 0.25) is 5.91 Å². The summed E-state index contributed by atoms with van der Waals surface area (Å²) < 4.78 is 13.8. The van der Waals surface area contributed by atoms with Crippen molar-refractivity contribution < 1.29 is 9.18 Å². The van der Waals surface area contributed by atoms with Gasteiger partial charge in [-0.2, -0.15) is 5.26 Å². The maximum absolute atomic E-state index is 13.8. The minimum absolute atomic E-state index is 0.115. The third-order valence-electron chi connectivity index (χ3n) is 4.64. The quantitative estimate of drug-likeness (QED) is 0.865. The van der Waals surface area contributed by atoms with Crippen molar-refractivity contribution in [2.75, 3.05) is 5.32 Å². The first-order chi connectivity index (χ1) is 9.60. The van der Waals surface area contributed by atoms with E-state index in [1.165, 1.54) is 12.1 Å². The van der Waals surface area contributed by atoms with E-state index in [0.29, 0.717) is 11.8 Å². The van der Waals surface area contributed by atoms with Crippen molar-refractivity contribution in [3.63, 3.8) is 0 Å². The molecule has 104 valence electrons. The van der Waals surface area contributed by atoms with Crippen LogP contribution in [0.3, 0.4) is 0 Å². The molecule has 2 aliphatic carbocycles. The fourth-order valence-corrected chi connectivity index (χ4v) is 3.63. The van der Waals surface area contributed by atoms with Gasteiger partial charge in [0.15, 0.2) is 0 Å². The number of fused-ring (bicyclic) bond motifs is 2. The van der Waals surface area contributed by atoms with Crippen molar-refractivity contribution in [2.45, 2.75) is 25.3 Å². The number of carbonyl (C=O) groups is 1. The standard InChI is InChI=1S/C15H16FN3O/c16-11-5-8(7-17)1-4-12(11)19-15(20)13-9-2-3-10(6-9)14(13)18/h1,4-5,9-10,13-14H,2-3,6,18H2,(H,19,20). The van der Waals surface area contributed by atoms with Crippen LogP contribution in [0.5, 0.6) is 0 Å². The van der Waals surface area contributed by atoms with Gasteiger partial charge in [-0.15, -0.1) is 0 Å². The van der Waals surface area contributed by atoms with Gasteiger partial charge >= 0.3 is 0 Å². The molecule has 0 heterocycles. The van der Waals surface area contributed by atoms with Gasteiger partial charge in [0.05, 0.1) is 23.2 Å². The molecule has 4 atom stereocenters. The zero-order valence-corrected chi connectivity index (χ0v) is 11.0. The highest BCUT2D eigenvalue weighted by Gasteiger charge is 2.49. The molecule has 0 saturated heterocycles. The smallest absolute Gasteiger partial charge is 0.229 e. The van der Waals surface area contributed by atoms with Gasteiger partial charge in [-0.3, -0.25) is 4.79 Å². The number of rotatable bonds is 2.